The molecule has 1 aliphatic rings. The number of rotatable bonds is 10. The fourth-order valence-electron chi connectivity index (χ4n) is 3.73. The van der Waals surface area contributed by atoms with E-state index in [-0.39, 0.29) is 30.6 Å². The summed E-state index contributed by atoms with van der Waals surface area (Å²) in [6.45, 7) is 6.96. The Morgan fingerprint density at radius 1 is 1.00 bits per heavy atom. The monoisotopic (exact) mass is 453 g/mol. The van der Waals surface area contributed by atoms with Gasteiger partial charge >= 0.3 is 0 Å². The Kier molecular flexibility index (Phi) is 8.11. The number of likely N-dealkylation sites (tertiary alicyclic amines) is 1. The Morgan fingerprint density at radius 2 is 1.64 bits per heavy atom. The molecule has 2 aromatic carbocycles. The van der Waals surface area contributed by atoms with Crippen molar-refractivity contribution in [1.29, 1.82) is 0 Å². The lowest BCUT2D eigenvalue weighted by Crippen LogP contribution is -2.32. The minimum Gasteiger partial charge on any atom is -0.507 e. The maximum atomic E-state index is 13.0. The van der Waals surface area contributed by atoms with Crippen LogP contribution in [0.1, 0.15) is 44.4 Å². The summed E-state index contributed by atoms with van der Waals surface area (Å²) in [7, 11) is 1.53. The molecule has 1 fully saturated rings. The summed E-state index contributed by atoms with van der Waals surface area (Å²) in [5.74, 6) is -0.246. The van der Waals surface area contributed by atoms with E-state index in [0.717, 1.165) is 6.42 Å². The van der Waals surface area contributed by atoms with Gasteiger partial charge in [0, 0.05) is 19.2 Å². The van der Waals surface area contributed by atoms with Gasteiger partial charge in [-0.3, -0.25) is 9.59 Å². The third-order valence-corrected chi connectivity index (χ3v) is 5.24. The van der Waals surface area contributed by atoms with Gasteiger partial charge in [0.2, 0.25) is 0 Å². The van der Waals surface area contributed by atoms with Crippen molar-refractivity contribution in [3.05, 3.63) is 65.2 Å². The summed E-state index contributed by atoms with van der Waals surface area (Å²) in [4.78, 5) is 27.3. The number of benzene rings is 2. The smallest absolute Gasteiger partial charge is 0.295 e. The first-order valence-electron chi connectivity index (χ1n) is 11.1. The number of nitrogens with zero attached hydrogens (tertiary/aromatic N) is 1. The van der Waals surface area contributed by atoms with E-state index in [1.165, 1.54) is 12.0 Å². The van der Waals surface area contributed by atoms with Crippen LogP contribution in [0.2, 0.25) is 0 Å². The number of carbonyl (C=O) groups is 2. The second kappa shape index (κ2) is 11.0. The van der Waals surface area contributed by atoms with Gasteiger partial charge in [-0.1, -0.05) is 19.1 Å². The van der Waals surface area contributed by atoms with Gasteiger partial charge in [0.25, 0.3) is 11.7 Å². The Morgan fingerprint density at radius 3 is 2.21 bits per heavy atom. The molecule has 1 aliphatic heterocycles. The molecule has 7 nitrogen and oxygen atoms in total. The molecule has 1 N–H and O–H groups in total. The zero-order valence-electron chi connectivity index (χ0n) is 19.5. The van der Waals surface area contributed by atoms with Gasteiger partial charge in [0.1, 0.15) is 17.3 Å². The van der Waals surface area contributed by atoms with E-state index in [2.05, 4.69) is 0 Å². The number of hydrogen-bond acceptors (Lipinski definition) is 6. The molecule has 0 saturated carbocycles. The summed E-state index contributed by atoms with van der Waals surface area (Å²) in [5, 5.41) is 11.1. The maximum Gasteiger partial charge on any atom is 0.295 e. The van der Waals surface area contributed by atoms with Crippen molar-refractivity contribution in [2.75, 3.05) is 26.9 Å². The molecule has 1 heterocycles. The number of ether oxygens (including phenoxy) is 3. The van der Waals surface area contributed by atoms with Crippen LogP contribution in [0.5, 0.6) is 11.5 Å². The first kappa shape index (κ1) is 24.3. The highest BCUT2D eigenvalue weighted by atomic mass is 16.5. The third-order valence-electron chi connectivity index (χ3n) is 5.24. The van der Waals surface area contributed by atoms with Gasteiger partial charge in [-0.15, -0.1) is 0 Å². The van der Waals surface area contributed by atoms with Crippen LogP contribution in [0.25, 0.3) is 5.76 Å². The van der Waals surface area contributed by atoms with Gasteiger partial charge in [0.05, 0.1) is 30.9 Å². The molecule has 1 atom stereocenters. The van der Waals surface area contributed by atoms with Crippen LogP contribution in [0.15, 0.2) is 54.1 Å². The Labute approximate surface area is 194 Å². The fourth-order valence-corrected chi connectivity index (χ4v) is 3.73. The molecule has 0 aromatic heterocycles. The molecule has 0 spiro atoms. The Balaban J connectivity index is 2.02. The topological polar surface area (TPSA) is 85.3 Å². The van der Waals surface area contributed by atoms with Crippen LogP contribution >= 0.6 is 0 Å². The molecule has 0 radical (unpaired) electrons. The van der Waals surface area contributed by atoms with E-state index in [9.17, 15) is 14.7 Å². The quantitative estimate of drug-likeness (QED) is 0.327. The molecule has 1 amide bonds. The van der Waals surface area contributed by atoms with Gasteiger partial charge in [0.15, 0.2) is 0 Å². The highest BCUT2D eigenvalue weighted by molar-refractivity contribution is 6.46. The van der Waals surface area contributed by atoms with Crippen molar-refractivity contribution in [3.63, 3.8) is 0 Å². The minimum atomic E-state index is -0.730. The van der Waals surface area contributed by atoms with Gasteiger partial charge in [-0.2, -0.15) is 0 Å². The molecule has 0 aliphatic carbocycles. The lowest BCUT2D eigenvalue weighted by atomic mass is 9.95. The maximum absolute atomic E-state index is 13.0. The number of ketones is 1. The molecule has 1 saturated heterocycles. The van der Waals surface area contributed by atoms with E-state index >= 15 is 0 Å². The van der Waals surface area contributed by atoms with Crippen molar-refractivity contribution in [3.8, 4) is 11.5 Å². The van der Waals surface area contributed by atoms with E-state index in [1.54, 1.807) is 36.4 Å². The standard InChI is InChI=1S/C26H31NO6/c1-5-15-32-20-10-6-18(7-11-20)23-22(25(29)26(30)27(23)14-16-31-4)24(28)19-8-12-21(13-9-19)33-17(2)3/h6-13,17,23,28H,5,14-16H2,1-4H3/b24-22-. The molecule has 2 aromatic rings. The number of aliphatic hydroxyl groups excluding tert-OH is 1. The molecule has 3 rings (SSSR count). The number of amides is 1. The van der Waals surface area contributed by atoms with E-state index in [0.29, 0.717) is 29.2 Å². The second-order valence-electron chi connectivity index (χ2n) is 8.09. The minimum absolute atomic E-state index is 0.0137. The molecule has 33 heavy (non-hydrogen) atoms. The zero-order chi connectivity index (χ0) is 24.0. The average molecular weight is 454 g/mol. The summed E-state index contributed by atoms with van der Waals surface area (Å²) < 4.78 is 16.4. The molecule has 1 unspecified atom stereocenters. The summed E-state index contributed by atoms with van der Waals surface area (Å²) in [5.41, 5.74) is 1.19. The highest BCUT2D eigenvalue weighted by Gasteiger charge is 2.45. The summed E-state index contributed by atoms with van der Waals surface area (Å²) in [6, 6.07) is 13.3. The number of aliphatic hydroxyl groups is 1. The zero-order valence-corrected chi connectivity index (χ0v) is 19.5. The SMILES string of the molecule is CCCOc1ccc(C2/C(=C(/O)c3ccc(OC(C)C)cc3)C(=O)C(=O)N2CCOC)cc1. The van der Waals surface area contributed by atoms with Crippen LogP contribution in [-0.2, 0) is 14.3 Å². The van der Waals surface area contributed by atoms with Crippen LogP contribution in [0.3, 0.4) is 0 Å². The Hall–Kier alpha value is -3.32. The van der Waals surface area contributed by atoms with E-state index < -0.39 is 17.7 Å². The first-order chi connectivity index (χ1) is 15.9. The van der Waals surface area contributed by atoms with Crippen molar-refractivity contribution in [2.45, 2.75) is 39.3 Å². The molecule has 7 heteroatoms. The molecule has 176 valence electrons. The van der Waals surface area contributed by atoms with Crippen LogP contribution in [-0.4, -0.2) is 54.7 Å². The lowest BCUT2D eigenvalue weighted by molar-refractivity contribution is -0.140. The van der Waals surface area contributed by atoms with E-state index in [4.69, 9.17) is 14.2 Å². The van der Waals surface area contributed by atoms with Gasteiger partial charge in [-0.25, -0.2) is 0 Å². The van der Waals surface area contributed by atoms with Crippen molar-refractivity contribution in [2.24, 2.45) is 0 Å². The summed E-state index contributed by atoms with van der Waals surface area (Å²) >= 11 is 0. The third kappa shape index (κ3) is 5.54. The number of Topliss-reactive ketones (excluding diaryl/α,β-unsaturated/α-hetero) is 1. The van der Waals surface area contributed by atoms with Gasteiger partial charge < -0.3 is 24.2 Å². The van der Waals surface area contributed by atoms with E-state index in [1.807, 2.05) is 32.9 Å². The number of methoxy groups -OCH3 is 1. The van der Waals surface area contributed by atoms with Crippen LogP contribution < -0.4 is 9.47 Å². The number of hydrogen-bond donors (Lipinski definition) is 1. The Bertz CT molecular complexity index is 994. The van der Waals surface area contributed by atoms with Crippen molar-refractivity contribution in [1.82, 2.24) is 4.90 Å². The largest absolute Gasteiger partial charge is 0.507 e. The summed E-state index contributed by atoms with van der Waals surface area (Å²) in [6.07, 6.45) is 0.903. The highest BCUT2D eigenvalue weighted by Crippen LogP contribution is 2.39. The number of carbonyl (C=O) groups excluding carboxylic acids is 2. The lowest BCUT2D eigenvalue weighted by Gasteiger charge is -2.25. The predicted molar refractivity (Wildman–Crippen MR) is 125 cm³/mol. The van der Waals surface area contributed by atoms with Crippen molar-refractivity contribution >= 4 is 17.4 Å². The first-order valence-corrected chi connectivity index (χ1v) is 11.1. The predicted octanol–water partition coefficient (Wildman–Crippen LogP) is 4.33. The van der Waals surface area contributed by atoms with Crippen LogP contribution in [0.4, 0.5) is 0 Å². The second-order valence-corrected chi connectivity index (χ2v) is 8.09. The normalized spacial score (nSPS) is 17.6. The molecular weight excluding hydrogens is 422 g/mol. The van der Waals surface area contributed by atoms with Crippen molar-refractivity contribution < 1.29 is 28.9 Å². The molecule has 0 bridgehead atoms. The fraction of sp³-hybridized carbons (Fsp3) is 0.385. The van der Waals surface area contributed by atoms with Crippen LogP contribution in [0, 0.1) is 0 Å². The average Bonchev–Trinajstić information content (AvgIpc) is 3.06. The molecular formula is C26H31NO6. The van der Waals surface area contributed by atoms with Gasteiger partial charge in [-0.05, 0) is 62.2 Å².